The van der Waals surface area contributed by atoms with Gasteiger partial charge in [-0.25, -0.2) is 12.8 Å². The van der Waals surface area contributed by atoms with Gasteiger partial charge in [0.2, 0.25) is 11.8 Å². The normalized spacial score (nSPS) is 12.1. The zero-order chi connectivity index (χ0) is 29.4. The molecule has 214 valence electrons. The lowest BCUT2D eigenvalue weighted by Gasteiger charge is -2.32. The number of aryl methyl sites for hydroxylation is 1. The molecule has 0 fully saturated rings. The number of hydrogen-bond donors (Lipinski definition) is 1. The number of sulfonamides is 1. The molecule has 0 saturated carbocycles. The van der Waals surface area contributed by atoms with Crippen molar-refractivity contribution in [2.75, 3.05) is 17.4 Å². The number of rotatable bonds is 12. The molecule has 1 N–H and O–H groups in total. The quantitative estimate of drug-likeness (QED) is 0.257. The van der Waals surface area contributed by atoms with Gasteiger partial charge in [-0.3, -0.25) is 13.9 Å². The van der Waals surface area contributed by atoms with Crippen LogP contribution in [0.1, 0.15) is 37.8 Å². The smallest absolute Gasteiger partial charge is 0.264 e. The van der Waals surface area contributed by atoms with E-state index in [1.165, 1.54) is 42.2 Å². The van der Waals surface area contributed by atoms with Crippen LogP contribution in [0.15, 0.2) is 71.6 Å². The van der Waals surface area contributed by atoms with E-state index in [2.05, 4.69) is 5.32 Å². The summed E-state index contributed by atoms with van der Waals surface area (Å²) in [7, 11) is -4.38. The molecule has 2 amide bonds. The van der Waals surface area contributed by atoms with Crippen LogP contribution in [0.3, 0.4) is 0 Å². The molecule has 0 saturated heterocycles. The topological polar surface area (TPSA) is 86.8 Å². The molecule has 7 nitrogen and oxygen atoms in total. The first kappa shape index (κ1) is 31.4. The second-order valence-electron chi connectivity index (χ2n) is 9.32. The highest BCUT2D eigenvalue weighted by Crippen LogP contribution is 2.29. The van der Waals surface area contributed by atoms with Gasteiger partial charge in [-0.05, 0) is 56.7 Å². The number of unbranched alkanes of at least 4 members (excludes halogenated alkanes) is 1. The number of para-hydroxylation sites is 1. The third-order valence-corrected chi connectivity index (χ3v) is 8.88. The predicted octanol–water partition coefficient (Wildman–Crippen LogP) is 5.97. The van der Waals surface area contributed by atoms with Crippen molar-refractivity contribution in [2.45, 2.75) is 51.1 Å². The van der Waals surface area contributed by atoms with Gasteiger partial charge in [0.1, 0.15) is 18.4 Å². The van der Waals surface area contributed by atoms with Gasteiger partial charge in [0.25, 0.3) is 10.0 Å². The molecule has 1 atom stereocenters. The summed E-state index contributed by atoms with van der Waals surface area (Å²) in [6.07, 6.45) is 1.61. The molecule has 0 aliphatic rings. The Morgan fingerprint density at radius 2 is 1.60 bits per heavy atom. The lowest BCUT2D eigenvalue weighted by Crippen LogP contribution is -2.51. The third-order valence-electron chi connectivity index (χ3n) is 6.40. The molecule has 3 aromatic rings. The lowest BCUT2D eigenvalue weighted by molar-refractivity contribution is -0.139. The molecule has 0 spiro atoms. The molecule has 0 aliphatic heterocycles. The molecule has 3 aromatic carbocycles. The van der Waals surface area contributed by atoms with Crippen molar-refractivity contribution in [3.8, 4) is 0 Å². The Bertz CT molecular complexity index is 1430. The van der Waals surface area contributed by atoms with Crippen LogP contribution in [0.5, 0.6) is 0 Å². The van der Waals surface area contributed by atoms with E-state index >= 15 is 0 Å². The van der Waals surface area contributed by atoms with Crippen molar-refractivity contribution in [3.63, 3.8) is 0 Å². The number of carbonyl (C=O) groups is 2. The zero-order valence-electron chi connectivity index (χ0n) is 22.5. The fourth-order valence-electron chi connectivity index (χ4n) is 3.98. The van der Waals surface area contributed by atoms with E-state index < -0.39 is 40.2 Å². The summed E-state index contributed by atoms with van der Waals surface area (Å²) in [6, 6.07) is 15.2. The average molecular weight is 609 g/mol. The largest absolute Gasteiger partial charge is 0.354 e. The Kier molecular flexibility index (Phi) is 11.0. The standard InChI is InChI=1S/C29H32Cl2FN3O4S/c1-4-5-17-33-29(37)21(3)34(18-23-24(30)9-8-10-25(23)31)28(36)19-35(27-12-7-6-11-26(27)32)40(38,39)22-15-13-20(2)14-16-22/h6-16,21H,4-5,17-19H2,1-3H3,(H,33,37). The molecule has 0 bridgehead atoms. The number of carbonyl (C=O) groups excluding carboxylic acids is 2. The summed E-state index contributed by atoms with van der Waals surface area (Å²) in [5.41, 5.74) is 0.927. The highest BCUT2D eigenvalue weighted by Gasteiger charge is 2.34. The SMILES string of the molecule is CCCCNC(=O)C(C)N(Cc1c(Cl)cccc1Cl)C(=O)CN(c1ccccc1F)S(=O)(=O)c1ccc(C)cc1. The summed E-state index contributed by atoms with van der Waals surface area (Å²) in [5, 5.41) is 3.36. The van der Waals surface area contributed by atoms with E-state index in [1.54, 1.807) is 37.3 Å². The van der Waals surface area contributed by atoms with Crippen LogP contribution in [-0.2, 0) is 26.2 Å². The molecular formula is C29H32Cl2FN3O4S. The van der Waals surface area contributed by atoms with Crippen LogP contribution in [0.2, 0.25) is 10.0 Å². The molecule has 11 heteroatoms. The van der Waals surface area contributed by atoms with Crippen molar-refractivity contribution in [1.82, 2.24) is 10.2 Å². The van der Waals surface area contributed by atoms with Gasteiger partial charge in [-0.15, -0.1) is 0 Å². The van der Waals surface area contributed by atoms with Crippen molar-refractivity contribution in [1.29, 1.82) is 0 Å². The van der Waals surface area contributed by atoms with Crippen LogP contribution in [-0.4, -0.2) is 44.3 Å². The molecule has 1 unspecified atom stereocenters. The highest BCUT2D eigenvalue weighted by molar-refractivity contribution is 7.92. The Balaban J connectivity index is 2.05. The highest BCUT2D eigenvalue weighted by atomic mass is 35.5. The molecule has 0 radical (unpaired) electrons. The van der Waals surface area contributed by atoms with Crippen molar-refractivity contribution in [2.24, 2.45) is 0 Å². The summed E-state index contributed by atoms with van der Waals surface area (Å²) in [4.78, 5) is 28.0. The maximum atomic E-state index is 15.0. The van der Waals surface area contributed by atoms with E-state index in [4.69, 9.17) is 23.2 Å². The molecule has 0 heterocycles. The van der Waals surface area contributed by atoms with Crippen LogP contribution in [0.25, 0.3) is 0 Å². The molecule has 0 aromatic heterocycles. The van der Waals surface area contributed by atoms with Gasteiger partial charge in [-0.1, -0.05) is 72.4 Å². The molecular weight excluding hydrogens is 576 g/mol. The van der Waals surface area contributed by atoms with Gasteiger partial charge < -0.3 is 10.2 Å². The Hall–Kier alpha value is -3.14. The number of benzene rings is 3. The minimum atomic E-state index is -4.38. The summed E-state index contributed by atoms with van der Waals surface area (Å²) in [6.45, 7) is 4.79. The van der Waals surface area contributed by atoms with Gasteiger partial charge >= 0.3 is 0 Å². The number of amides is 2. The van der Waals surface area contributed by atoms with Crippen molar-refractivity contribution in [3.05, 3.63) is 93.7 Å². The van der Waals surface area contributed by atoms with Gasteiger partial charge in [0.05, 0.1) is 10.6 Å². The Morgan fingerprint density at radius 1 is 0.975 bits per heavy atom. The van der Waals surface area contributed by atoms with E-state index in [0.717, 1.165) is 28.8 Å². The number of anilines is 1. The molecule has 0 aliphatic carbocycles. The zero-order valence-corrected chi connectivity index (χ0v) is 24.9. The first-order valence-electron chi connectivity index (χ1n) is 12.8. The number of nitrogens with zero attached hydrogens (tertiary/aromatic N) is 2. The van der Waals surface area contributed by atoms with Gasteiger partial charge in [0.15, 0.2) is 0 Å². The van der Waals surface area contributed by atoms with Crippen molar-refractivity contribution >= 4 is 50.7 Å². The Morgan fingerprint density at radius 3 is 2.20 bits per heavy atom. The number of hydrogen-bond acceptors (Lipinski definition) is 4. The fourth-order valence-corrected chi connectivity index (χ4v) is 5.92. The van der Waals surface area contributed by atoms with E-state index in [0.29, 0.717) is 12.1 Å². The minimum Gasteiger partial charge on any atom is -0.354 e. The van der Waals surface area contributed by atoms with Crippen molar-refractivity contribution < 1.29 is 22.4 Å². The van der Waals surface area contributed by atoms with Crippen LogP contribution < -0.4 is 9.62 Å². The first-order chi connectivity index (χ1) is 19.0. The van der Waals surface area contributed by atoms with Crippen LogP contribution >= 0.6 is 23.2 Å². The lowest BCUT2D eigenvalue weighted by atomic mass is 10.1. The predicted molar refractivity (Wildman–Crippen MR) is 157 cm³/mol. The third kappa shape index (κ3) is 7.53. The average Bonchev–Trinajstić information content (AvgIpc) is 2.92. The minimum absolute atomic E-state index is 0.111. The molecule has 40 heavy (non-hydrogen) atoms. The first-order valence-corrected chi connectivity index (χ1v) is 15.0. The summed E-state index contributed by atoms with van der Waals surface area (Å²) >= 11 is 12.7. The van der Waals surface area contributed by atoms with E-state index in [9.17, 15) is 22.4 Å². The van der Waals surface area contributed by atoms with E-state index in [-0.39, 0.29) is 27.2 Å². The second-order valence-corrected chi connectivity index (χ2v) is 12.0. The fraction of sp³-hybridized carbons (Fsp3) is 0.310. The molecule has 3 rings (SSSR count). The summed E-state index contributed by atoms with van der Waals surface area (Å²) < 4.78 is 43.2. The Labute approximate surface area is 244 Å². The van der Waals surface area contributed by atoms with Gasteiger partial charge in [-0.2, -0.15) is 0 Å². The number of halogens is 3. The number of nitrogens with one attached hydrogen (secondary N) is 1. The maximum absolute atomic E-state index is 15.0. The monoisotopic (exact) mass is 607 g/mol. The maximum Gasteiger partial charge on any atom is 0.264 e. The summed E-state index contributed by atoms with van der Waals surface area (Å²) in [5.74, 6) is -1.99. The van der Waals surface area contributed by atoms with Crippen LogP contribution in [0, 0.1) is 12.7 Å². The van der Waals surface area contributed by atoms with E-state index in [1.807, 2.05) is 6.92 Å². The second kappa shape index (κ2) is 14.0. The van der Waals surface area contributed by atoms with Crippen LogP contribution in [0.4, 0.5) is 10.1 Å². The van der Waals surface area contributed by atoms with Gasteiger partial charge in [0, 0.05) is 28.7 Å².